The van der Waals surface area contributed by atoms with E-state index >= 15 is 0 Å². The lowest BCUT2D eigenvalue weighted by Crippen LogP contribution is -2.38. The number of aromatic nitrogens is 1. The van der Waals surface area contributed by atoms with Crippen molar-refractivity contribution in [2.24, 2.45) is 5.73 Å². The van der Waals surface area contributed by atoms with E-state index in [1.54, 1.807) is 13.2 Å². The minimum absolute atomic E-state index is 0.0642. The number of nitrogens with one attached hydrogen (secondary N) is 1. The van der Waals surface area contributed by atoms with E-state index in [1.165, 1.54) is 0 Å². The first-order chi connectivity index (χ1) is 9.01. The molecular formula is C13H20N4OS. The lowest BCUT2D eigenvalue weighted by molar-refractivity contribution is -0.119. The molecule has 1 heterocycles. The van der Waals surface area contributed by atoms with Gasteiger partial charge in [0, 0.05) is 19.8 Å². The van der Waals surface area contributed by atoms with E-state index in [-0.39, 0.29) is 12.5 Å². The van der Waals surface area contributed by atoms with Crippen molar-refractivity contribution >= 4 is 28.9 Å². The first-order valence-electron chi connectivity index (χ1n) is 6.22. The van der Waals surface area contributed by atoms with Gasteiger partial charge in [0.2, 0.25) is 5.91 Å². The molecule has 0 aromatic carbocycles. The summed E-state index contributed by atoms with van der Waals surface area (Å²) in [5.74, 6) is 0.614. The van der Waals surface area contributed by atoms with Crippen LogP contribution in [0.4, 0.5) is 5.82 Å². The number of amides is 1. The molecule has 1 aromatic heterocycles. The molecular weight excluding hydrogens is 260 g/mol. The monoisotopic (exact) mass is 280 g/mol. The summed E-state index contributed by atoms with van der Waals surface area (Å²) in [6.45, 7) is 4.95. The van der Waals surface area contributed by atoms with Gasteiger partial charge in [-0.05, 0) is 25.0 Å². The molecule has 0 saturated heterocycles. The molecule has 0 aliphatic rings. The molecule has 6 heteroatoms. The fourth-order valence-corrected chi connectivity index (χ4v) is 2.12. The molecule has 0 fully saturated rings. The van der Waals surface area contributed by atoms with Gasteiger partial charge < -0.3 is 16.0 Å². The Morgan fingerprint density at radius 3 is 2.79 bits per heavy atom. The predicted molar refractivity (Wildman–Crippen MR) is 81.4 cm³/mol. The van der Waals surface area contributed by atoms with Crippen molar-refractivity contribution in [2.75, 3.05) is 25.0 Å². The Morgan fingerprint density at radius 2 is 2.26 bits per heavy atom. The maximum Gasteiger partial charge on any atom is 0.239 e. The minimum atomic E-state index is -0.0642. The average molecular weight is 280 g/mol. The highest BCUT2D eigenvalue weighted by Crippen LogP contribution is 2.21. The second kappa shape index (κ2) is 7.04. The van der Waals surface area contributed by atoms with Crippen LogP contribution in [0.5, 0.6) is 0 Å². The molecule has 19 heavy (non-hydrogen) atoms. The summed E-state index contributed by atoms with van der Waals surface area (Å²) in [5, 5.41) is 2.61. The topological polar surface area (TPSA) is 71.2 Å². The lowest BCUT2D eigenvalue weighted by Gasteiger charge is -2.25. The van der Waals surface area contributed by atoms with Gasteiger partial charge in [0.15, 0.2) is 0 Å². The van der Waals surface area contributed by atoms with Crippen LogP contribution in [0.15, 0.2) is 12.3 Å². The maximum absolute atomic E-state index is 11.6. The van der Waals surface area contributed by atoms with Crippen molar-refractivity contribution in [1.82, 2.24) is 10.3 Å². The van der Waals surface area contributed by atoms with Crippen molar-refractivity contribution in [3.05, 3.63) is 23.4 Å². The van der Waals surface area contributed by atoms with E-state index < -0.39 is 0 Å². The number of hydrogen-bond acceptors (Lipinski definition) is 4. The van der Waals surface area contributed by atoms with Crippen LogP contribution in [0.3, 0.4) is 0 Å². The van der Waals surface area contributed by atoms with Crippen LogP contribution in [0.1, 0.15) is 24.5 Å². The average Bonchev–Trinajstić information content (AvgIpc) is 2.37. The Kier molecular flexibility index (Phi) is 5.69. The van der Waals surface area contributed by atoms with Crippen LogP contribution in [0.2, 0.25) is 0 Å². The summed E-state index contributed by atoms with van der Waals surface area (Å²) in [6, 6.07) is 1.86. The Labute approximate surface area is 119 Å². The van der Waals surface area contributed by atoms with Gasteiger partial charge in [-0.2, -0.15) is 0 Å². The Balaban J connectivity index is 3.18. The normalized spacial score (nSPS) is 10.1. The quantitative estimate of drug-likeness (QED) is 0.760. The number of hydrogen-bond donors (Lipinski definition) is 2. The zero-order valence-electron chi connectivity index (χ0n) is 11.6. The molecule has 0 bridgehead atoms. The van der Waals surface area contributed by atoms with E-state index in [0.717, 1.165) is 24.1 Å². The Hall–Kier alpha value is -1.69. The van der Waals surface area contributed by atoms with E-state index in [0.29, 0.717) is 10.8 Å². The highest BCUT2D eigenvalue weighted by molar-refractivity contribution is 7.80. The standard InChI is InChI=1S/C13H20N4OS/c1-4-7-17(8-10(18)15-3)13-11(12(14)19)9(2)5-6-16-13/h5-6H,4,7-8H2,1-3H3,(H2,14,19)(H,15,18). The Bertz CT molecular complexity index is 476. The van der Waals surface area contributed by atoms with Gasteiger partial charge in [-0.1, -0.05) is 19.1 Å². The third-order valence-corrected chi connectivity index (χ3v) is 3.00. The number of carbonyl (C=O) groups is 1. The Morgan fingerprint density at radius 1 is 1.58 bits per heavy atom. The van der Waals surface area contributed by atoms with Crippen LogP contribution in [0.25, 0.3) is 0 Å². The van der Waals surface area contributed by atoms with Crippen molar-refractivity contribution in [3.63, 3.8) is 0 Å². The molecule has 1 aromatic rings. The van der Waals surface area contributed by atoms with Crippen molar-refractivity contribution < 1.29 is 4.79 Å². The summed E-state index contributed by atoms with van der Waals surface area (Å²) >= 11 is 5.09. The van der Waals surface area contributed by atoms with Crippen molar-refractivity contribution in [3.8, 4) is 0 Å². The van der Waals surface area contributed by atoms with Gasteiger partial charge in [0.25, 0.3) is 0 Å². The third kappa shape index (κ3) is 3.89. The number of nitrogens with two attached hydrogens (primary N) is 1. The van der Waals surface area contributed by atoms with Crippen LogP contribution in [-0.2, 0) is 4.79 Å². The number of carbonyl (C=O) groups excluding carboxylic acids is 1. The molecule has 0 aliphatic heterocycles. The number of pyridine rings is 1. The van der Waals surface area contributed by atoms with Gasteiger partial charge in [-0.3, -0.25) is 4.79 Å². The highest BCUT2D eigenvalue weighted by atomic mass is 32.1. The number of anilines is 1. The van der Waals surface area contributed by atoms with Crippen LogP contribution >= 0.6 is 12.2 Å². The molecule has 0 aliphatic carbocycles. The largest absolute Gasteiger partial charge is 0.389 e. The highest BCUT2D eigenvalue weighted by Gasteiger charge is 2.18. The second-order valence-electron chi connectivity index (χ2n) is 4.29. The number of nitrogens with zero attached hydrogens (tertiary/aromatic N) is 2. The second-order valence-corrected chi connectivity index (χ2v) is 4.73. The molecule has 0 saturated carbocycles. The maximum atomic E-state index is 11.6. The zero-order valence-corrected chi connectivity index (χ0v) is 12.4. The molecule has 0 radical (unpaired) electrons. The summed E-state index contributed by atoms with van der Waals surface area (Å²) in [5.41, 5.74) is 7.49. The van der Waals surface area contributed by atoms with Crippen LogP contribution < -0.4 is 16.0 Å². The van der Waals surface area contributed by atoms with E-state index in [4.69, 9.17) is 18.0 Å². The summed E-state index contributed by atoms with van der Waals surface area (Å²) < 4.78 is 0. The van der Waals surface area contributed by atoms with Gasteiger partial charge in [0.1, 0.15) is 10.8 Å². The molecule has 0 unspecified atom stereocenters. The predicted octanol–water partition coefficient (Wildman–Crippen LogP) is 0.987. The first kappa shape index (κ1) is 15.4. The molecule has 1 rings (SSSR count). The van der Waals surface area contributed by atoms with E-state index in [2.05, 4.69) is 10.3 Å². The minimum Gasteiger partial charge on any atom is -0.389 e. The first-order valence-corrected chi connectivity index (χ1v) is 6.63. The summed E-state index contributed by atoms with van der Waals surface area (Å²) in [4.78, 5) is 18.1. The van der Waals surface area contributed by atoms with Gasteiger partial charge in [-0.25, -0.2) is 4.98 Å². The molecule has 1 amide bonds. The fraction of sp³-hybridized carbons (Fsp3) is 0.462. The zero-order chi connectivity index (χ0) is 14.4. The molecule has 104 valence electrons. The SMILES string of the molecule is CCCN(CC(=O)NC)c1nccc(C)c1C(N)=S. The van der Waals surface area contributed by atoms with E-state index in [1.807, 2.05) is 24.8 Å². The molecule has 0 atom stereocenters. The number of rotatable bonds is 6. The number of thiocarbonyl (C=S) groups is 1. The van der Waals surface area contributed by atoms with Gasteiger partial charge in [0.05, 0.1) is 12.1 Å². The van der Waals surface area contributed by atoms with Crippen LogP contribution in [-0.4, -0.2) is 36.0 Å². The van der Waals surface area contributed by atoms with Gasteiger partial charge in [-0.15, -0.1) is 0 Å². The third-order valence-electron chi connectivity index (χ3n) is 2.79. The summed E-state index contributed by atoms with van der Waals surface area (Å²) in [6.07, 6.45) is 2.61. The van der Waals surface area contributed by atoms with Crippen LogP contribution in [0, 0.1) is 6.92 Å². The number of aryl methyl sites for hydroxylation is 1. The molecule has 5 nitrogen and oxygen atoms in total. The van der Waals surface area contributed by atoms with E-state index in [9.17, 15) is 4.79 Å². The smallest absolute Gasteiger partial charge is 0.239 e. The van der Waals surface area contributed by atoms with Crippen molar-refractivity contribution in [2.45, 2.75) is 20.3 Å². The molecule has 0 spiro atoms. The molecule has 3 N–H and O–H groups in total. The van der Waals surface area contributed by atoms with Crippen molar-refractivity contribution in [1.29, 1.82) is 0 Å². The number of likely N-dealkylation sites (N-methyl/N-ethyl adjacent to an activating group) is 1. The lowest BCUT2D eigenvalue weighted by atomic mass is 10.1. The fourth-order valence-electron chi connectivity index (χ4n) is 1.87. The van der Waals surface area contributed by atoms with Gasteiger partial charge >= 0.3 is 0 Å². The summed E-state index contributed by atoms with van der Waals surface area (Å²) in [7, 11) is 1.62.